The topological polar surface area (TPSA) is 95.3 Å². The molecule has 0 aliphatic carbocycles. The molecule has 7 nitrogen and oxygen atoms in total. The fourth-order valence-corrected chi connectivity index (χ4v) is 5.27. The number of methoxy groups -OCH3 is 1. The highest BCUT2D eigenvalue weighted by Crippen LogP contribution is 2.37. The number of ether oxygens (including phenoxy) is 1. The van der Waals surface area contributed by atoms with Crippen molar-refractivity contribution in [1.82, 2.24) is 9.88 Å². The van der Waals surface area contributed by atoms with Gasteiger partial charge in [-0.3, -0.25) is 14.6 Å². The van der Waals surface area contributed by atoms with E-state index in [9.17, 15) is 14.9 Å². The Bertz CT molecular complexity index is 1220. The third-order valence-electron chi connectivity index (χ3n) is 5.87. The summed E-state index contributed by atoms with van der Waals surface area (Å²) in [6.45, 7) is 1.04. The van der Waals surface area contributed by atoms with E-state index in [1.54, 1.807) is 13.3 Å². The third-order valence-corrected chi connectivity index (χ3v) is 7.00. The third kappa shape index (κ3) is 5.61. The van der Waals surface area contributed by atoms with Crippen molar-refractivity contribution in [3.05, 3.63) is 75.9 Å². The molecule has 0 saturated carbocycles. The van der Waals surface area contributed by atoms with Crippen LogP contribution in [-0.4, -0.2) is 35.4 Å². The van der Waals surface area contributed by atoms with Crippen LogP contribution in [0.1, 0.15) is 40.1 Å². The number of nitrogens with one attached hydrogen (secondary N) is 1. The summed E-state index contributed by atoms with van der Waals surface area (Å²) in [7, 11) is 1.61. The number of amides is 2. The number of hydrogen-bond acceptors (Lipinski definition) is 6. The monoisotopic (exact) mass is 474 g/mol. The predicted octanol–water partition coefficient (Wildman–Crippen LogP) is 4.11. The van der Waals surface area contributed by atoms with Crippen LogP contribution in [0.15, 0.2) is 48.7 Å². The lowest BCUT2D eigenvalue weighted by Crippen LogP contribution is -2.35. The van der Waals surface area contributed by atoms with Crippen LogP contribution in [0, 0.1) is 11.3 Å². The Morgan fingerprint density at radius 2 is 2.09 bits per heavy atom. The maximum atomic E-state index is 12.7. The van der Waals surface area contributed by atoms with E-state index in [1.165, 1.54) is 11.3 Å². The number of aromatic nitrogens is 1. The fraction of sp³-hybridized carbons (Fsp3) is 0.308. The number of benzene rings is 1. The Balaban J connectivity index is 1.36. The molecule has 34 heavy (non-hydrogen) atoms. The number of anilines is 1. The van der Waals surface area contributed by atoms with Gasteiger partial charge in [0, 0.05) is 36.2 Å². The quantitative estimate of drug-likeness (QED) is 0.530. The zero-order chi connectivity index (χ0) is 23.9. The number of rotatable bonds is 8. The number of nitriles is 1. The Morgan fingerprint density at radius 1 is 1.21 bits per heavy atom. The molecule has 1 aromatic carbocycles. The Morgan fingerprint density at radius 3 is 2.85 bits per heavy atom. The van der Waals surface area contributed by atoms with E-state index in [4.69, 9.17) is 4.74 Å². The van der Waals surface area contributed by atoms with E-state index < -0.39 is 0 Å². The second-order valence-electron chi connectivity index (χ2n) is 8.11. The molecule has 0 radical (unpaired) electrons. The lowest BCUT2D eigenvalue weighted by Gasteiger charge is -2.27. The van der Waals surface area contributed by atoms with Crippen molar-refractivity contribution in [1.29, 1.82) is 5.26 Å². The zero-order valence-electron chi connectivity index (χ0n) is 19.0. The number of fused-ring (bicyclic) bond motifs is 1. The number of carbonyl (C=O) groups excluding carboxylic acids is 2. The SMILES string of the molecule is COc1cccc(CCC(=O)Nc2sc3c(c2C#N)CCN(C(=O)CCc2ccccn2)C3)c1. The van der Waals surface area contributed by atoms with E-state index in [-0.39, 0.29) is 11.8 Å². The van der Waals surface area contributed by atoms with Crippen molar-refractivity contribution in [2.24, 2.45) is 0 Å². The summed E-state index contributed by atoms with van der Waals surface area (Å²) in [5, 5.41) is 13.2. The van der Waals surface area contributed by atoms with Crippen LogP contribution < -0.4 is 10.1 Å². The molecule has 0 unspecified atom stereocenters. The van der Waals surface area contributed by atoms with Crippen molar-refractivity contribution in [2.45, 2.75) is 38.6 Å². The predicted molar refractivity (Wildman–Crippen MR) is 131 cm³/mol. The minimum atomic E-state index is -0.138. The minimum Gasteiger partial charge on any atom is -0.497 e. The summed E-state index contributed by atoms with van der Waals surface area (Å²) in [4.78, 5) is 32.4. The van der Waals surface area contributed by atoms with Crippen molar-refractivity contribution in [3.63, 3.8) is 0 Å². The molecule has 0 saturated heterocycles. The summed E-state index contributed by atoms with van der Waals surface area (Å²) in [6.07, 6.45) is 4.23. The Labute approximate surface area is 203 Å². The first-order valence-electron chi connectivity index (χ1n) is 11.2. The van der Waals surface area contributed by atoms with Gasteiger partial charge in [0.15, 0.2) is 0 Å². The van der Waals surface area contributed by atoms with Crippen LogP contribution in [0.25, 0.3) is 0 Å². The molecule has 0 bridgehead atoms. The largest absolute Gasteiger partial charge is 0.497 e. The molecule has 0 spiro atoms. The van der Waals surface area contributed by atoms with Gasteiger partial charge >= 0.3 is 0 Å². The molecular formula is C26H26N4O3S. The molecule has 3 heterocycles. The van der Waals surface area contributed by atoms with Gasteiger partial charge in [-0.2, -0.15) is 5.26 Å². The van der Waals surface area contributed by atoms with Gasteiger partial charge in [0.1, 0.15) is 16.8 Å². The second kappa shape index (κ2) is 10.9. The standard InChI is InChI=1S/C26H26N4O3S/c1-33-20-7-4-5-18(15-20)8-10-24(31)29-26-22(16-27)21-12-14-30(17-23(21)34-26)25(32)11-9-19-6-2-3-13-28-19/h2-7,13,15H,8-12,14,17H2,1H3,(H,29,31). The number of pyridine rings is 1. The highest BCUT2D eigenvalue weighted by atomic mass is 32.1. The molecule has 0 atom stereocenters. The molecule has 8 heteroatoms. The summed E-state index contributed by atoms with van der Waals surface area (Å²) < 4.78 is 5.23. The van der Waals surface area contributed by atoms with E-state index in [1.807, 2.05) is 47.4 Å². The van der Waals surface area contributed by atoms with Crippen LogP contribution in [0.2, 0.25) is 0 Å². The first-order valence-corrected chi connectivity index (χ1v) is 12.0. The van der Waals surface area contributed by atoms with Crippen LogP contribution in [0.5, 0.6) is 5.75 Å². The maximum absolute atomic E-state index is 12.7. The maximum Gasteiger partial charge on any atom is 0.225 e. The van der Waals surface area contributed by atoms with Gasteiger partial charge in [0.25, 0.3) is 0 Å². The molecule has 0 fully saturated rings. The molecular weight excluding hydrogens is 448 g/mol. The lowest BCUT2D eigenvalue weighted by molar-refractivity contribution is -0.132. The number of nitrogens with zero attached hydrogens (tertiary/aromatic N) is 3. The van der Waals surface area contributed by atoms with E-state index >= 15 is 0 Å². The Hall–Kier alpha value is -3.70. The van der Waals surface area contributed by atoms with Crippen molar-refractivity contribution in [3.8, 4) is 11.8 Å². The van der Waals surface area contributed by atoms with Crippen LogP contribution >= 0.6 is 11.3 Å². The van der Waals surface area contributed by atoms with Gasteiger partial charge in [-0.05, 0) is 54.7 Å². The summed E-state index contributed by atoms with van der Waals surface area (Å²) in [5.41, 5.74) is 3.38. The molecule has 1 N–H and O–H groups in total. The molecule has 1 aliphatic rings. The molecule has 3 aromatic rings. The van der Waals surface area contributed by atoms with Crippen LogP contribution in [0.4, 0.5) is 5.00 Å². The zero-order valence-corrected chi connectivity index (χ0v) is 19.9. The highest BCUT2D eigenvalue weighted by molar-refractivity contribution is 7.16. The summed E-state index contributed by atoms with van der Waals surface area (Å²) in [6, 6.07) is 15.6. The van der Waals surface area contributed by atoms with Gasteiger partial charge in [-0.1, -0.05) is 18.2 Å². The van der Waals surface area contributed by atoms with Crippen molar-refractivity contribution < 1.29 is 14.3 Å². The van der Waals surface area contributed by atoms with Crippen molar-refractivity contribution in [2.75, 3.05) is 19.0 Å². The minimum absolute atomic E-state index is 0.0760. The average Bonchev–Trinajstić information content (AvgIpc) is 3.22. The van der Waals surface area contributed by atoms with E-state index in [2.05, 4.69) is 16.4 Å². The smallest absolute Gasteiger partial charge is 0.225 e. The number of aryl methyl sites for hydroxylation is 2. The molecule has 2 amide bonds. The summed E-state index contributed by atoms with van der Waals surface area (Å²) >= 11 is 1.40. The molecule has 174 valence electrons. The molecule has 2 aromatic heterocycles. The highest BCUT2D eigenvalue weighted by Gasteiger charge is 2.27. The second-order valence-corrected chi connectivity index (χ2v) is 9.21. The van der Waals surface area contributed by atoms with Crippen molar-refractivity contribution >= 4 is 28.2 Å². The van der Waals surface area contributed by atoms with Gasteiger partial charge in [0.2, 0.25) is 11.8 Å². The molecule has 4 rings (SSSR count). The number of carbonyl (C=O) groups is 2. The van der Waals surface area contributed by atoms with Gasteiger partial charge in [-0.15, -0.1) is 11.3 Å². The average molecular weight is 475 g/mol. The van der Waals surface area contributed by atoms with Gasteiger partial charge in [0.05, 0.1) is 19.2 Å². The first kappa shape index (κ1) is 23.5. The fourth-order valence-electron chi connectivity index (χ4n) is 4.04. The van der Waals surface area contributed by atoms with E-state index in [0.29, 0.717) is 55.8 Å². The van der Waals surface area contributed by atoms with Crippen LogP contribution in [-0.2, 0) is 35.4 Å². The van der Waals surface area contributed by atoms with Gasteiger partial charge in [-0.25, -0.2) is 0 Å². The Kier molecular flexibility index (Phi) is 7.55. The number of hydrogen-bond donors (Lipinski definition) is 1. The van der Waals surface area contributed by atoms with Gasteiger partial charge < -0.3 is 15.0 Å². The summed E-state index contributed by atoms with van der Waals surface area (Å²) in [5.74, 6) is 0.697. The van der Waals surface area contributed by atoms with Crippen LogP contribution in [0.3, 0.4) is 0 Å². The first-order chi connectivity index (χ1) is 16.6. The normalized spacial score (nSPS) is 12.5. The number of thiophene rings is 1. The van der Waals surface area contributed by atoms with E-state index in [0.717, 1.165) is 27.4 Å². The lowest BCUT2D eigenvalue weighted by atomic mass is 10.0. The molecule has 1 aliphatic heterocycles.